The molecule has 2 nitrogen and oxygen atoms in total. The number of aromatic nitrogens is 2. The molecule has 1 aromatic heterocycles. The predicted octanol–water partition coefficient (Wildman–Crippen LogP) is 3.28. The van der Waals surface area contributed by atoms with E-state index in [-0.39, 0.29) is 5.41 Å². The second-order valence-electron chi connectivity index (χ2n) is 4.35. The van der Waals surface area contributed by atoms with E-state index in [0.717, 1.165) is 5.82 Å². The van der Waals surface area contributed by atoms with Crippen LogP contribution >= 0.6 is 11.6 Å². The molecule has 0 fully saturated rings. The lowest BCUT2D eigenvalue weighted by Crippen LogP contribution is -2.17. The lowest BCUT2D eigenvalue weighted by atomic mass is 9.81. The third-order valence-electron chi connectivity index (χ3n) is 2.33. The van der Waals surface area contributed by atoms with E-state index in [1.54, 1.807) is 12.4 Å². The largest absolute Gasteiger partial charge is 0.240 e. The zero-order valence-corrected chi connectivity index (χ0v) is 9.26. The first-order valence-electron chi connectivity index (χ1n) is 4.38. The molecule has 1 unspecified atom stereocenters. The highest BCUT2D eigenvalue weighted by Gasteiger charge is 2.23. The summed E-state index contributed by atoms with van der Waals surface area (Å²) in [5, 5.41) is 0.588. The van der Waals surface area contributed by atoms with Gasteiger partial charge in [0.2, 0.25) is 0 Å². The fourth-order valence-corrected chi connectivity index (χ4v) is 1.03. The van der Waals surface area contributed by atoms with Crippen LogP contribution in [0.1, 0.15) is 39.4 Å². The molecule has 0 bridgehead atoms. The smallest absolute Gasteiger partial charge is 0.131 e. The van der Waals surface area contributed by atoms with Crippen molar-refractivity contribution < 1.29 is 0 Å². The molecule has 13 heavy (non-hydrogen) atoms. The van der Waals surface area contributed by atoms with Crippen molar-refractivity contribution in [2.75, 3.05) is 0 Å². The van der Waals surface area contributed by atoms with E-state index in [1.807, 2.05) is 0 Å². The molecule has 0 saturated carbocycles. The molecule has 3 heteroatoms. The van der Waals surface area contributed by atoms with Gasteiger partial charge in [0, 0.05) is 18.3 Å². The molecule has 0 aromatic carbocycles. The van der Waals surface area contributed by atoms with Crippen LogP contribution in [0, 0.1) is 5.41 Å². The van der Waals surface area contributed by atoms with E-state index in [4.69, 9.17) is 11.6 Å². The summed E-state index contributed by atoms with van der Waals surface area (Å²) in [6, 6.07) is 0. The van der Waals surface area contributed by atoms with Gasteiger partial charge in [0.15, 0.2) is 0 Å². The van der Waals surface area contributed by atoms with Crippen molar-refractivity contribution in [3.8, 4) is 0 Å². The van der Waals surface area contributed by atoms with Crippen LogP contribution in [0.15, 0.2) is 12.4 Å². The van der Waals surface area contributed by atoms with Crippen molar-refractivity contribution in [3.05, 3.63) is 23.2 Å². The molecule has 0 amide bonds. The van der Waals surface area contributed by atoms with Gasteiger partial charge in [0.1, 0.15) is 5.82 Å². The molecule has 0 radical (unpaired) electrons. The summed E-state index contributed by atoms with van der Waals surface area (Å²) in [4.78, 5) is 8.40. The highest BCUT2D eigenvalue weighted by Crippen LogP contribution is 2.32. The van der Waals surface area contributed by atoms with Crippen LogP contribution in [0.3, 0.4) is 0 Å². The minimum atomic E-state index is 0.188. The Kier molecular flexibility index (Phi) is 2.91. The average Bonchev–Trinajstić information content (AvgIpc) is 2.03. The second kappa shape index (κ2) is 3.62. The van der Waals surface area contributed by atoms with E-state index in [0.29, 0.717) is 10.9 Å². The summed E-state index contributed by atoms with van der Waals surface area (Å²) < 4.78 is 0. The van der Waals surface area contributed by atoms with E-state index in [1.165, 1.54) is 0 Å². The van der Waals surface area contributed by atoms with E-state index < -0.39 is 0 Å². The monoisotopic (exact) mass is 198 g/mol. The van der Waals surface area contributed by atoms with Crippen molar-refractivity contribution in [1.82, 2.24) is 9.97 Å². The Balaban J connectivity index is 2.90. The first-order chi connectivity index (χ1) is 5.91. The lowest BCUT2D eigenvalue weighted by Gasteiger charge is -2.25. The van der Waals surface area contributed by atoms with Crippen LogP contribution < -0.4 is 0 Å². The molecule has 1 rings (SSSR count). The summed E-state index contributed by atoms with van der Waals surface area (Å²) in [6.45, 7) is 8.66. The maximum atomic E-state index is 5.71. The van der Waals surface area contributed by atoms with Gasteiger partial charge < -0.3 is 0 Å². The van der Waals surface area contributed by atoms with E-state index in [2.05, 4.69) is 37.7 Å². The Morgan fingerprint density at radius 3 is 2.08 bits per heavy atom. The van der Waals surface area contributed by atoms with Crippen molar-refractivity contribution in [2.24, 2.45) is 5.41 Å². The molecule has 1 aromatic rings. The highest BCUT2D eigenvalue weighted by molar-refractivity contribution is 6.30. The number of rotatable bonds is 1. The van der Waals surface area contributed by atoms with Gasteiger partial charge in [0.05, 0.1) is 5.02 Å². The van der Waals surface area contributed by atoms with Crippen molar-refractivity contribution in [2.45, 2.75) is 33.6 Å². The minimum absolute atomic E-state index is 0.188. The minimum Gasteiger partial charge on any atom is -0.240 e. The molecule has 0 aliphatic heterocycles. The predicted molar refractivity (Wildman–Crippen MR) is 54.9 cm³/mol. The van der Waals surface area contributed by atoms with Gasteiger partial charge in [-0.05, 0) is 5.41 Å². The first-order valence-corrected chi connectivity index (χ1v) is 4.76. The van der Waals surface area contributed by atoms with E-state index in [9.17, 15) is 0 Å². The first kappa shape index (κ1) is 10.5. The maximum absolute atomic E-state index is 5.71. The Hall–Kier alpha value is -0.630. The lowest BCUT2D eigenvalue weighted by molar-refractivity contribution is 0.328. The molecule has 0 aliphatic rings. The number of nitrogens with zero attached hydrogens (tertiary/aromatic N) is 2. The van der Waals surface area contributed by atoms with Crippen LogP contribution in [0.2, 0.25) is 5.02 Å². The summed E-state index contributed by atoms with van der Waals surface area (Å²) >= 11 is 5.71. The summed E-state index contributed by atoms with van der Waals surface area (Å²) in [6.07, 6.45) is 3.29. The zero-order chi connectivity index (χ0) is 10.1. The van der Waals surface area contributed by atoms with Crippen molar-refractivity contribution >= 4 is 11.6 Å². The molecule has 1 heterocycles. The molecular formula is C10H15ClN2. The van der Waals surface area contributed by atoms with Gasteiger partial charge in [-0.2, -0.15) is 0 Å². The highest BCUT2D eigenvalue weighted by atomic mass is 35.5. The number of halogens is 1. The zero-order valence-electron chi connectivity index (χ0n) is 8.50. The normalized spacial score (nSPS) is 14.2. The molecule has 0 aliphatic carbocycles. The van der Waals surface area contributed by atoms with E-state index >= 15 is 0 Å². The molecule has 72 valence electrons. The van der Waals surface area contributed by atoms with Gasteiger partial charge in [-0.15, -0.1) is 0 Å². The van der Waals surface area contributed by atoms with Gasteiger partial charge in [-0.25, -0.2) is 9.97 Å². The average molecular weight is 199 g/mol. The fraction of sp³-hybridized carbons (Fsp3) is 0.600. The maximum Gasteiger partial charge on any atom is 0.131 e. The molecule has 1 atom stereocenters. The Morgan fingerprint density at radius 1 is 1.23 bits per heavy atom. The molecule has 0 saturated heterocycles. The summed E-state index contributed by atoms with van der Waals surface area (Å²) in [5.41, 5.74) is 0.188. The number of hydrogen-bond donors (Lipinski definition) is 0. The van der Waals surface area contributed by atoms with Gasteiger partial charge in [-0.3, -0.25) is 0 Å². The van der Waals surface area contributed by atoms with Gasteiger partial charge >= 0.3 is 0 Å². The summed E-state index contributed by atoms with van der Waals surface area (Å²) in [5.74, 6) is 1.20. The standard InChI is InChI=1S/C10H15ClN2/c1-7(10(2,3)4)9-12-5-8(11)6-13-9/h5-7H,1-4H3. The van der Waals surface area contributed by atoms with Crippen molar-refractivity contribution in [1.29, 1.82) is 0 Å². The number of hydrogen-bond acceptors (Lipinski definition) is 2. The van der Waals surface area contributed by atoms with Crippen molar-refractivity contribution in [3.63, 3.8) is 0 Å². The summed E-state index contributed by atoms with van der Waals surface area (Å²) in [7, 11) is 0. The fourth-order valence-electron chi connectivity index (χ4n) is 0.933. The van der Waals surface area contributed by atoms with Crippen LogP contribution in [0.4, 0.5) is 0 Å². The Bertz CT molecular complexity index is 274. The van der Waals surface area contributed by atoms with Crippen LogP contribution in [0.25, 0.3) is 0 Å². The molecule has 0 spiro atoms. The molecular weight excluding hydrogens is 184 g/mol. The topological polar surface area (TPSA) is 25.8 Å². The Labute approximate surface area is 84.4 Å². The van der Waals surface area contributed by atoms with Gasteiger partial charge in [0.25, 0.3) is 0 Å². The second-order valence-corrected chi connectivity index (χ2v) is 4.78. The third-order valence-corrected chi connectivity index (χ3v) is 2.52. The quantitative estimate of drug-likeness (QED) is 0.692. The van der Waals surface area contributed by atoms with Crippen LogP contribution in [-0.4, -0.2) is 9.97 Å². The van der Waals surface area contributed by atoms with Crippen LogP contribution in [0.5, 0.6) is 0 Å². The van der Waals surface area contributed by atoms with Crippen LogP contribution in [-0.2, 0) is 0 Å². The Morgan fingerprint density at radius 2 is 1.69 bits per heavy atom. The SMILES string of the molecule is CC(c1ncc(Cl)cn1)C(C)(C)C. The molecule has 0 N–H and O–H groups in total. The third kappa shape index (κ3) is 2.66. The van der Waals surface area contributed by atoms with Gasteiger partial charge in [-0.1, -0.05) is 39.3 Å².